The number of rotatable bonds is 5. The summed E-state index contributed by atoms with van der Waals surface area (Å²) < 4.78 is 0. The van der Waals surface area contributed by atoms with Crippen molar-refractivity contribution in [3.05, 3.63) is 0 Å². The molecule has 0 radical (unpaired) electrons. The Morgan fingerprint density at radius 3 is 2.05 bits per heavy atom. The van der Waals surface area contributed by atoms with E-state index in [0.29, 0.717) is 11.8 Å². The van der Waals surface area contributed by atoms with Gasteiger partial charge in [-0.1, -0.05) is 58.8 Å². The topological polar surface area (TPSA) is 17.1 Å². The second kappa shape index (κ2) is 6.90. The Kier molecular flexibility index (Phi) is 5.47. The molecule has 0 aromatic carbocycles. The van der Waals surface area contributed by atoms with E-state index in [4.69, 9.17) is 0 Å². The molecule has 1 atom stereocenters. The van der Waals surface area contributed by atoms with E-state index in [-0.39, 0.29) is 5.41 Å². The molecule has 110 valence electrons. The molecule has 1 nitrogen and oxygen atoms in total. The number of hydrogen-bond acceptors (Lipinski definition) is 1. The number of carbonyl (C=O) groups is 1. The zero-order chi connectivity index (χ0) is 13.7. The third kappa shape index (κ3) is 3.41. The molecule has 0 spiro atoms. The first-order valence-corrected chi connectivity index (χ1v) is 8.67. The monoisotopic (exact) mass is 264 g/mol. The zero-order valence-corrected chi connectivity index (χ0v) is 13.0. The van der Waals surface area contributed by atoms with Crippen molar-refractivity contribution in [3.63, 3.8) is 0 Å². The first-order valence-electron chi connectivity index (χ1n) is 8.67. The molecule has 0 amide bonds. The molecule has 0 bridgehead atoms. The molecule has 2 rings (SSSR count). The van der Waals surface area contributed by atoms with E-state index in [0.717, 1.165) is 5.92 Å². The zero-order valence-electron chi connectivity index (χ0n) is 13.0. The van der Waals surface area contributed by atoms with Gasteiger partial charge in [-0.2, -0.15) is 0 Å². The van der Waals surface area contributed by atoms with Gasteiger partial charge in [-0.15, -0.1) is 0 Å². The van der Waals surface area contributed by atoms with Crippen molar-refractivity contribution >= 4 is 6.29 Å². The Hall–Kier alpha value is -0.330. The standard InChI is InChI=1S/C18H32O/c1-3-7-15-10-12-17(13-11-15)18(2,14-19)16-8-5-4-6-9-16/h14-17H,3-13H2,1-2H3/t15-,17-,18?. The average molecular weight is 264 g/mol. The van der Waals surface area contributed by atoms with Crippen LogP contribution in [-0.2, 0) is 4.79 Å². The lowest BCUT2D eigenvalue weighted by molar-refractivity contribution is -0.124. The van der Waals surface area contributed by atoms with Gasteiger partial charge in [0, 0.05) is 5.41 Å². The van der Waals surface area contributed by atoms with Crippen LogP contribution in [0.4, 0.5) is 0 Å². The van der Waals surface area contributed by atoms with Crippen LogP contribution in [0.25, 0.3) is 0 Å². The minimum Gasteiger partial charge on any atom is -0.303 e. The Labute approximate surface area is 119 Å². The van der Waals surface area contributed by atoms with Crippen molar-refractivity contribution in [1.29, 1.82) is 0 Å². The minimum atomic E-state index is -0.0163. The fraction of sp³-hybridized carbons (Fsp3) is 0.944. The van der Waals surface area contributed by atoms with Gasteiger partial charge in [0.2, 0.25) is 0 Å². The molecule has 19 heavy (non-hydrogen) atoms. The Morgan fingerprint density at radius 2 is 1.53 bits per heavy atom. The highest BCUT2D eigenvalue weighted by Gasteiger charge is 2.42. The largest absolute Gasteiger partial charge is 0.303 e. The van der Waals surface area contributed by atoms with Gasteiger partial charge < -0.3 is 4.79 Å². The van der Waals surface area contributed by atoms with Gasteiger partial charge >= 0.3 is 0 Å². The van der Waals surface area contributed by atoms with Gasteiger partial charge in [0.1, 0.15) is 6.29 Å². The lowest BCUT2D eigenvalue weighted by Crippen LogP contribution is -2.40. The highest BCUT2D eigenvalue weighted by molar-refractivity contribution is 5.60. The molecular weight excluding hydrogens is 232 g/mol. The second-order valence-electron chi connectivity index (χ2n) is 7.33. The van der Waals surface area contributed by atoms with Gasteiger partial charge in [-0.05, 0) is 43.4 Å². The molecule has 2 aliphatic carbocycles. The van der Waals surface area contributed by atoms with Gasteiger partial charge in [0.25, 0.3) is 0 Å². The normalized spacial score (nSPS) is 32.7. The van der Waals surface area contributed by atoms with E-state index in [1.165, 1.54) is 76.9 Å². The van der Waals surface area contributed by atoms with E-state index < -0.39 is 0 Å². The van der Waals surface area contributed by atoms with E-state index in [1.54, 1.807) is 0 Å². The molecule has 1 unspecified atom stereocenters. The maximum Gasteiger partial charge on any atom is 0.126 e. The third-order valence-electron chi connectivity index (χ3n) is 6.16. The fourth-order valence-corrected chi connectivity index (χ4v) is 4.73. The average Bonchev–Trinajstić information content (AvgIpc) is 2.48. The summed E-state index contributed by atoms with van der Waals surface area (Å²) in [6.45, 7) is 4.57. The van der Waals surface area contributed by atoms with E-state index in [9.17, 15) is 4.79 Å². The van der Waals surface area contributed by atoms with Crippen molar-refractivity contribution in [2.24, 2.45) is 23.2 Å². The quantitative estimate of drug-likeness (QED) is 0.609. The Balaban J connectivity index is 1.95. The van der Waals surface area contributed by atoms with Crippen molar-refractivity contribution in [2.45, 2.75) is 84.5 Å². The molecular formula is C18H32O. The summed E-state index contributed by atoms with van der Waals surface area (Å²) >= 11 is 0. The maximum absolute atomic E-state index is 11.8. The molecule has 2 fully saturated rings. The highest BCUT2D eigenvalue weighted by Crippen LogP contribution is 2.48. The SMILES string of the molecule is CCC[C@H]1CC[C@H](C(C)(C=O)C2CCCCC2)CC1. The maximum atomic E-state index is 11.8. The predicted molar refractivity (Wildman–Crippen MR) is 81.1 cm³/mol. The first kappa shape index (κ1) is 15.1. The van der Waals surface area contributed by atoms with Gasteiger partial charge in [0.15, 0.2) is 0 Å². The summed E-state index contributed by atoms with van der Waals surface area (Å²) in [7, 11) is 0. The summed E-state index contributed by atoms with van der Waals surface area (Å²) in [6.07, 6.45) is 16.1. The lowest BCUT2D eigenvalue weighted by atomic mass is 9.59. The number of aldehydes is 1. The molecule has 0 aromatic heterocycles. The Morgan fingerprint density at radius 1 is 0.947 bits per heavy atom. The van der Waals surface area contributed by atoms with Crippen LogP contribution in [0.3, 0.4) is 0 Å². The number of hydrogen-bond donors (Lipinski definition) is 0. The van der Waals surface area contributed by atoms with Crippen molar-refractivity contribution in [1.82, 2.24) is 0 Å². The van der Waals surface area contributed by atoms with Crippen LogP contribution in [0.1, 0.15) is 84.5 Å². The van der Waals surface area contributed by atoms with Gasteiger partial charge in [0.05, 0.1) is 0 Å². The Bertz CT molecular complexity index is 271. The molecule has 0 aromatic rings. The van der Waals surface area contributed by atoms with Crippen LogP contribution in [0.15, 0.2) is 0 Å². The predicted octanol–water partition coefficient (Wildman–Crippen LogP) is 5.38. The van der Waals surface area contributed by atoms with Crippen LogP contribution in [0, 0.1) is 23.2 Å². The number of carbonyl (C=O) groups excluding carboxylic acids is 1. The van der Waals surface area contributed by atoms with Crippen LogP contribution in [0.5, 0.6) is 0 Å². The molecule has 0 N–H and O–H groups in total. The summed E-state index contributed by atoms with van der Waals surface area (Å²) in [5.74, 6) is 2.29. The third-order valence-corrected chi connectivity index (χ3v) is 6.16. The smallest absolute Gasteiger partial charge is 0.126 e. The molecule has 2 saturated carbocycles. The highest BCUT2D eigenvalue weighted by atomic mass is 16.1. The van der Waals surface area contributed by atoms with E-state index >= 15 is 0 Å². The molecule has 0 heterocycles. The van der Waals surface area contributed by atoms with Crippen molar-refractivity contribution in [2.75, 3.05) is 0 Å². The van der Waals surface area contributed by atoms with Crippen molar-refractivity contribution in [3.8, 4) is 0 Å². The molecule has 0 aliphatic heterocycles. The summed E-state index contributed by atoms with van der Waals surface area (Å²) in [5, 5.41) is 0. The summed E-state index contributed by atoms with van der Waals surface area (Å²) in [6, 6.07) is 0. The van der Waals surface area contributed by atoms with Crippen LogP contribution >= 0.6 is 0 Å². The summed E-state index contributed by atoms with van der Waals surface area (Å²) in [4.78, 5) is 11.8. The van der Waals surface area contributed by atoms with Gasteiger partial charge in [-0.25, -0.2) is 0 Å². The van der Waals surface area contributed by atoms with Crippen LogP contribution < -0.4 is 0 Å². The van der Waals surface area contributed by atoms with Crippen molar-refractivity contribution < 1.29 is 4.79 Å². The van der Waals surface area contributed by atoms with E-state index in [2.05, 4.69) is 13.8 Å². The summed E-state index contributed by atoms with van der Waals surface area (Å²) in [5.41, 5.74) is -0.0163. The molecule has 0 saturated heterocycles. The first-order chi connectivity index (χ1) is 9.20. The molecule has 2 aliphatic rings. The lowest BCUT2D eigenvalue weighted by Gasteiger charge is -2.44. The van der Waals surface area contributed by atoms with Crippen LogP contribution in [0.2, 0.25) is 0 Å². The molecule has 1 heteroatoms. The fourth-order valence-electron chi connectivity index (χ4n) is 4.73. The second-order valence-corrected chi connectivity index (χ2v) is 7.33. The van der Waals surface area contributed by atoms with E-state index in [1.807, 2.05) is 0 Å². The minimum absolute atomic E-state index is 0.0163. The van der Waals surface area contributed by atoms with Gasteiger partial charge in [-0.3, -0.25) is 0 Å². The van der Waals surface area contributed by atoms with Crippen LogP contribution in [-0.4, -0.2) is 6.29 Å².